The first-order chi connectivity index (χ1) is 12.7. The molecule has 1 heterocycles. The number of benzene rings is 2. The van der Waals surface area contributed by atoms with Crippen LogP contribution in [0, 0.1) is 12.8 Å². The predicted molar refractivity (Wildman–Crippen MR) is 111 cm³/mol. The van der Waals surface area contributed by atoms with Crippen LogP contribution < -0.4 is 5.32 Å². The molecule has 0 spiro atoms. The molecule has 3 heteroatoms. The molecule has 0 aromatic heterocycles. The number of fused-ring (bicyclic) bond motifs is 1. The third-order valence-corrected chi connectivity index (χ3v) is 5.78. The fourth-order valence-electron chi connectivity index (χ4n) is 4.10. The molecule has 2 unspecified atom stereocenters. The lowest BCUT2D eigenvalue weighted by atomic mass is 9.81. The van der Waals surface area contributed by atoms with Crippen LogP contribution in [0.4, 0.5) is 0 Å². The molecule has 0 radical (unpaired) electrons. The van der Waals surface area contributed by atoms with Crippen molar-refractivity contribution in [2.75, 3.05) is 0 Å². The molecule has 134 valence electrons. The number of thiocarbonyl (C=S) groups is 1. The van der Waals surface area contributed by atoms with Gasteiger partial charge in [0.25, 0.3) is 0 Å². The Morgan fingerprint density at radius 3 is 2.62 bits per heavy atom. The van der Waals surface area contributed by atoms with Crippen LogP contribution in [0.2, 0.25) is 0 Å². The zero-order chi connectivity index (χ0) is 17.9. The summed E-state index contributed by atoms with van der Waals surface area (Å²) in [6, 6.07) is 17.7. The minimum absolute atomic E-state index is 0.458. The van der Waals surface area contributed by atoms with Crippen LogP contribution >= 0.6 is 12.2 Å². The van der Waals surface area contributed by atoms with Gasteiger partial charge < -0.3 is 10.1 Å². The molecule has 2 aromatic rings. The summed E-state index contributed by atoms with van der Waals surface area (Å²) in [5, 5.41) is 3.45. The molecule has 2 nitrogen and oxygen atoms in total. The van der Waals surface area contributed by atoms with Gasteiger partial charge in [-0.05, 0) is 42.0 Å². The predicted octanol–water partition coefficient (Wildman–Crippen LogP) is 5.55. The quantitative estimate of drug-likeness (QED) is 0.719. The van der Waals surface area contributed by atoms with Crippen molar-refractivity contribution in [3.63, 3.8) is 0 Å². The Hall–Kier alpha value is -2.13. The molecule has 0 bridgehead atoms. The summed E-state index contributed by atoms with van der Waals surface area (Å²) < 4.78 is 6.21. The van der Waals surface area contributed by atoms with E-state index >= 15 is 0 Å². The van der Waals surface area contributed by atoms with E-state index in [4.69, 9.17) is 17.0 Å². The fraction of sp³-hybridized carbons (Fsp3) is 0.348. The summed E-state index contributed by atoms with van der Waals surface area (Å²) in [5.74, 6) is 1.54. The molecular formula is C23H25NOS. The van der Waals surface area contributed by atoms with E-state index in [1.165, 1.54) is 47.9 Å². The summed E-state index contributed by atoms with van der Waals surface area (Å²) in [4.78, 5) is 0.818. The molecular weight excluding hydrogens is 338 g/mol. The van der Waals surface area contributed by atoms with E-state index in [2.05, 4.69) is 60.8 Å². The first-order valence-corrected chi connectivity index (χ1v) is 9.91. The van der Waals surface area contributed by atoms with Crippen molar-refractivity contribution in [3.8, 4) is 11.1 Å². The SMILES string of the molecule is Cc1ccccc1-c1ccc(COC2=CC(=S)NC3CCCCC23)cc1. The van der Waals surface area contributed by atoms with Gasteiger partial charge in [0.05, 0.1) is 0 Å². The number of hydrogen-bond donors (Lipinski definition) is 1. The van der Waals surface area contributed by atoms with Crippen molar-refractivity contribution in [1.29, 1.82) is 0 Å². The summed E-state index contributed by atoms with van der Waals surface area (Å²) >= 11 is 5.40. The van der Waals surface area contributed by atoms with Crippen molar-refractivity contribution >= 4 is 17.2 Å². The molecule has 2 atom stereocenters. The Kier molecular flexibility index (Phi) is 5.07. The van der Waals surface area contributed by atoms with Crippen molar-refractivity contribution in [2.24, 2.45) is 5.92 Å². The van der Waals surface area contributed by atoms with Crippen molar-refractivity contribution in [2.45, 2.75) is 45.3 Å². The Labute approximate surface area is 161 Å². The van der Waals surface area contributed by atoms with Gasteiger partial charge in [0.2, 0.25) is 0 Å². The summed E-state index contributed by atoms with van der Waals surface area (Å²) in [6.45, 7) is 2.76. The average molecular weight is 364 g/mol. The van der Waals surface area contributed by atoms with E-state index in [9.17, 15) is 0 Å². The molecule has 0 amide bonds. The van der Waals surface area contributed by atoms with Crippen LogP contribution in [0.1, 0.15) is 36.8 Å². The van der Waals surface area contributed by atoms with E-state index in [-0.39, 0.29) is 0 Å². The Morgan fingerprint density at radius 1 is 1.04 bits per heavy atom. The van der Waals surface area contributed by atoms with Gasteiger partial charge in [0.15, 0.2) is 0 Å². The second-order valence-corrected chi connectivity index (χ2v) is 7.79. The highest BCUT2D eigenvalue weighted by Gasteiger charge is 2.32. The van der Waals surface area contributed by atoms with Crippen LogP contribution in [0.25, 0.3) is 11.1 Å². The standard InChI is InChI=1S/C23H25NOS/c1-16-6-2-3-7-19(16)18-12-10-17(11-13-18)15-25-22-14-23(26)24-21-9-5-4-8-20(21)22/h2-3,6-7,10-14,20-21H,4-5,8-9,15H2,1H3,(H,24,26). The van der Waals surface area contributed by atoms with Crippen LogP contribution in [-0.2, 0) is 11.3 Å². The highest BCUT2D eigenvalue weighted by Crippen LogP contribution is 2.34. The number of hydrogen-bond acceptors (Lipinski definition) is 2. The average Bonchev–Trinajstić information content (AvgIpc) is 2.67. The van der Waals surface area contributed by atoms with Gasteiger partial charge in [0, 0.05) is 18.0 Å². The second kappa shape index (κ2) is 7.63. The maximum Gasteiger partial charge on any atom is 0.113 e. The van der Waals surface area contributed by atoms with Crippen LogP contribution in [0.15, 0.2) is 60.4 Å². The smallest absolute Gasteiger partial charge is 0.113 e. The van der Waals surface area contributed by atoms with Crippen LogP contribution in [0.5, 0.6) is 0 Å². The van der Waals surface area contributed by atoms with E-state index in [1.54, 1.807) is 0 Å². The van der Waals surface area contributed by atoms with Gasteiger partial charge in [-0.1, -0.05) is 73.6 Å². The molecule has 1 saturated carbocycles. The minimum Gasteiger partial charge on any atom is -0.493 e. The lowest BCUT2D eigenvalue weighted by Crippen LogP contribution is -2.45. The van der Waals surface area contributed by atoms with Gasteiger partial charge in [-0.3, -0.25) is 0 Å². The lowest BCUT2D eigenvalue weighted by molar-refractivity contribution is 0.133. The van der Waals surface area contributed by atoms with Crippen LogP contribution in [-0.4, -0.2) is 11.0 Å². The van der Waals surface area contributed by atoms with Gasteiger partial charge >= 0.3 is 0 Å². The highest BCUT2D eigenvalue weighted by atomic mass is 32.1. The van der Waals surface area contributed by atoms with Crippen LogP contribution in [0.3, 0.4) is 0 Å². The normalized spacial score (nSPS) is 22.2. The third kappa shape index (κ3) is 3.68. The Balaban J connectivity index is 1.45. The molecule has 2 aliphatic rings. The van der Waals surface area contributed by atoms with Gasteiger partial charge in [0.1, 0.15) is 17.4 Å². The number of aryl methyl sites for hydroxylation is 1. The summed E-state index contributed by atoms with van der Waals surface area (Å²) in [6.07, 6.45) is 6.96. The topological polar surface area (TPSA) is 21.3 Å². The van der Waals surface area contributed by atoms with Crippen molar-refractivity contribution in [3.05, 3.63) is 71.5 Å². The molecule has 1 aliphatic carbocycles. The van der Waals surface area contributed by atoms with E-state index in [0.717, 1.165) is 10.7 Å². The zero-order valence-corrected chi connectivity index (χ0v) is 16.0. The molecule has 1 fully saturated rings. The van der Waals surface area contributed by atoms with Gasteiger partial charge in [-0.15, -0.1) is 0 Å². The highest BCUT2D eigenvalue weighted by molar-refractivity contribution is 7.80. The fourth-order valence-corrected chi connectivity index (χ4v) is 4.37. The second-order valence-electron chi connectivity index (χ2n) is 7.35. The largest absolute Gasteiger partial charge is 0.493 e. The maximum atomic E-state index is 6.21. The summed E-state index contributed by atoms with van der Waals surface area (Å²) in [5.41, 5.74) is 5.03. The molecule has 26 heavy (non-hydrogen) atoms. The number of rotatable bonds is 4. The maximum absolute atomic E-state index is 6.21. The van der Waals surface area contributed by atoms with E-state index in [1.807, 2.05) is 6.08 Å². The van der Waals surface area contributed by atoms with Gasteiger partial charge in [-0.25, -0.2) is 0 Å². The monoisotopic (exact) mass is 363 g/mol. The third-order valence-electron chi connectivity index (χ3n) is 5.55. The van der Waals surface area contributed by atoms with Crippen molar-refractivity contribution < 1.29 is 4.74 Å². The summed E-state index contributed by atoms with van der Waals surface area (Å²) in [7, 11) is 0. The molecule has 2 aromatic carbocycles. The number of ether oxygens (including phenoxy) is 1. The molecule has 1 N–H and O–H groups in total. The Morgan fingerprint density at radius 2 is 1.81 bits per heavy atom. The first-order valence-electron chi connectivity index (χ1n) is 9.50. The van der Waals surface area contributed by atoms with Gasteiger partial charge in [-0.2, -0.15) is 0 Å². The Bertz CT molecular complexity index is 824. The zero-order valence-electron chi connectivity index (χ0n) is 15.2. The van der Waals surface area contributed by atoms with E-state index < -0.39 is 0 Å². The molecule has 4 rings (SSSR count). The number of nitrogens with one attached hydrogen (secondary N) is 1. The first kappa shape index (κ1) is 17.3. The van der Waals surface area contributed by atoms with E-state index in [0.29, 0.717) is 18.6 Å². The molecule has 1 aliphatic heterocycles. The molecule has 0 saturated heterocycles. The lowest BCUT2D eigenvalue weighted by Gasteiger charge is -2.37. The van der Waals surface area contributed by atoms with Crippen molar-refractivity contribution in [1.82, 2.24) is 5.32 Å². The minimum atomic E-state index is 0.458.